The molecular weight excluding hydrogens is 280 g/mol. The van der Waals surface area contributed by atoms with Crippen LogP contribution in [0.1, 0.15) is 18.3 Å². The molecule has 110 valence electrons. The number of rotatable bonds is 4. The van der Waals surface area contributed by atoms with Gasteiger partial charge in [-0.25, -0.2) is 0 Å². The Balaban J connectivity index is 2.07. The molecule has 0 atom stereocenters. The number of nitrogens with zero attached hydrogens (tertiary/aromatic N) is 3. The molecular formula is C16H20N4S. The zero-order chi connectivity index (χ0) is 15.0. The Hall–Kier alpha value is -1.88. The van der Waals surface area contributed by atoms with Gasteiger partial charge in [0.2, 0.25) is 0 Å². The minimum atomic E-state index is 0.812. The summed E-state index contributed by atoms with van der Waals surface area (Å²) in [6.07, 6.45) is 4.22. The lowest BCUT2D eigenvalue weighted by Crippen LogP contribution is -2.07. The highest BCUT2D eigenvalue weighted by Gasteiger charge is 2.10. The number of aromatic nitrogens is 3. The first kappa shape index (κ1) is 14.1. The average molecular weight is 300 g/mol. The van der Waals surface area contributed by atoms with E-state index in [-0.39, 0.29) is 0 Å². The molecule has 2 heterocycles. The number of nitrogens with two attached hydrogens (primary N) is 1. The third kappa shape index (κ3) is 2.53. The summed E-state index contributed by atoms with van der Waals surface area (Å²) in [5.41, 5.74) is 10.3. The fraction of sp³-hybridized carbons (Fsp3) is 0.312. The van der Waals surface area contributed by atoms with Crippen molar-refractivity contribution in [2.24, 2.45) is 0 Å². The molecule has 0 aliphatic carbocycles. The van der Waals surface area contributed by atoms with Crippen molar-refractivity contribution in [2.45, 2.75) is 31.8 Å². The molecule has 3 aromatic rings. The monoisotopic (exact) mass is 300 g/mol. The molecule has 2 N–H and O–H groups in total. The van der Waals surface area contributed by atoms with Crippen molar-refractivity contribution in [3.05, 3.63) is 41.9 Å². The molecule has 0 bridgehead atoms. The van der Waals surface area contributed by atoms with Gasteiger partial charge in [-0.3, -0.25) is 4.68 Å². The Morgan fingerprint density at radius 2 is 2.10 bits per heavy atom. The summed E-state index contributed by atoms with van der Waals surface area (Å²) in [5, 5.41) is 5.78. The molecule has 0 fully saturated rings. The number of nitrogen functional groups attached to an aromatic ring is 1. The van der Waals surface area contributed by atoms with Gasteiger partial charge in [-0.15, -0.1) is 11.8 Å². The van der Waals surface area contributed by atoms with E-state index in [1.165, 1.54) is 21.5 Å². The molecule has 0 amide bonds. The highest BCUT2D eigenvalue weighted by Crippen LogP contribution is 2.30. The van der Waals surface area contributed by atoms with Crippen LogP contribution in [0.5, 0.6) is 0 Å². The molecule has 2 aromatic heterocycles. The maximum absolute atomic E-state index is 6.04. The van der Waals surface area contributed by atoms with E-state index in [0.29, 0.717) is 0 Å². The van der Waals surface area contributed by atoms with Crippen molar-refractivity contribution in [3.8, 4) is 0 Å². The first-order valence-electron chi connectivity index (χ1n) is 7.08. The highest BCUT2D eigenvalue weighted by atomic mass is 32.2. The van der Waals surface area contributed by atoms with Gasteiger partial charge in [0, 0.05) is 28.7 Å². The second-order valence-electron chi connectivity index (χ2n) is 5.19. The number of benzene rings is 1. The van der Waals surface area contributed by atoms with Crippen molar-refractivity contribution in [1.29, 1.82) is 0 Å². The van der Waals surface area contributed by atoms with E-state index in [1.807, 2.05) is 13.0 Å². The van der Waals surface area contributed by atoms with Crippen LogP contribution >= 0.6 is 11.8 Å². The van der Waals surface area contributed by atoms with E-state index < -0.39 is 0 Å². The molecule has 0 saturated heterocycles. The SMILES string of the molecule is CCn1nc(C)cc1Cn1ccc2c(SC)cc(N)cc21. The van der Waals surface area contributed by atoms with E-state index >= 15 is 0 Å². The van der Waals surface area contributed by atoms with Crippen molar-refractivity contribution < 1.29 is 0 Å². The van der Waals surface area contributed by atoms with Crippen LogP contribution in [-0.2, 0) is 13.1 Å². The fourth-order valence-corrected chi connectivity index (χ4v) is 3.41. The second-order valence-corrected chi connectivity index (χ2v) is 6.04. The van der Waals surface area contributed by atoms with Gasteiger partial charge < -0.3 is 10.3 Å². The zero-order valence-electron chi connectivity index (χ0n) is 12.6. The lowest BCUT2D eigenvalue weighted by Gasteiger charge is -2.09. The topological polar surface area (TPSA) is 48.8 Å². The lowest BCUT2D eigenvalue weighted by molar-refractivity contribution is 0.602. The number of thioether (sulfide) groups is 1. The van der Waals surface area contributed by atoms with Crippen LogP contribution in [0.4, 0.5) is 5.69 Å². The lowest BCUT2D eigenvalue weighted by atomic mass is 10.2. The van der Waals surface area contributed by atoms with Gasteiger partial charge in [0.1, 0.15) is 0 Å². The van der Waals surface area contributed by atoms with Crippen molar-refractivity contribution in [3.63, 3.8) is 0 Å². The molecule has 0 unspecified atom stereocenters. The largest absolute Gasteiger partial charge is 0.399 e. The standard InChI is InChI=1S/C16H20N4S/c1-4-20-13(7-11(2)18-20)10-19-6-5-14-15(19)8-12(17)9-16(14)21-3/h5-9H,4,10,17H2,1-3H3. The van der Waals surface area contributed by atoms with E-state index in [1.54, 1.807) is 11.8 Å². The number of anilines is 1. The Morgan fingerprint density at radius 3 is 2.81 bits per heavy atom. The molecule has 21 heavy (non-hydrogen) atoms. The van der Waals surface area contributed by atoms with Crippen molar-refractivity contribution in [2.75, 3.05) is 12.0 Å². The summed E-state index contributed by atoms with van der Waals surface area (Å²) in [6.45, 7) is 5.86. The average Bonchev–Trinajstić information content (AvgIpc) is 3.02. The fourth-order valence-electron chi connectivity index (χ4n) is 2.76. The minimum absolute atomic E-state index is 0.812. The summed E-state index contributed by atoms with van der Waals surface area (Å²) >= 11 is 1.73. The Bertz CT molecular complexity index is 785. The van der Waals surface area contributed by atoms with Gasteiger partial charge in [-0.2, -0.15) is 5.10 Å². The maximum atomic E-state index is 6.04. The number of hydrogen-bond donors (Lipinski definition) is 1. The molecule has 0 aliphatic rings. The van der Waals surface area contributed by atoms with Gasteiger partial charge in [0.15, 0.2) is 0 Å². The smallest absolute Gasteiger partial charge is 0.0645 e. The van der Waals surface area contributed by atoms with Gasteiger partial charge >= 0.3 is 0 Å². The summed E-state index contributed by atoms with van der Waals surface area (Å²) < 4.78 is 4.30. The van der Waals surface area contributed by atoms with Gasteiger partial charge in [0.05, 0.1) is 23.4 Å². The van der Waals surface area contributed by atoms with E-state index in [0.717, 1.165) is 24.5 Å². The summed E-state index contributed by atoms with van der Waals surface area (Å²) in [7, 11) is 0. The number of fused-ring (bicyclic) bond motifs is 1. The van der Waals surface area contributed by atoms with Crippen LogP contribution in [0.2, 0.25) is 0 Å². The number of aryl methyl sites for hydroxylation is 2. The third-order valence-corrected chi connectivity index (χ3v) is 4.49. The maximum Gasteiger partial charge on any atom is 0.0645 e. The van der Waals surface area contributed by atoms with E-state index in [4.69, 9.17) is 5.73 Å². The van der Waals surface area contributed by atoms with E-state index in [9.17, 15) is 0 Å². The number of hydrogen-bond acceptors (Lipinski definition) is 3. The molecule has 5 heteroatoms. The first-order valence-corrected chi connectivity index (χ1v) is 8.30. The summed E-state index contributed by atoms with van der Waals surface area (Å²) in [4.78, 5) is 1.23. The van der Waals surface area contributed by atoms with Crippen LogP contribution in [0, 0.1) is 6.92 Å². The molecule has 0 saturated carbocycles. The second kappa shape index (κ2) is 5.48. The molecule has 0 aliphatic heterocycles. The van der Waals surface area contributed by atoms with Gasteiger partial charge in [-0.05, 0) is 44.4 Å². The van der Waals surface area contributed by atoms with Gasteiger partial charge in [0.25, 0.3) is 0 Å². The molecule has 3 rings (SSSR count). The van der Waals surface area contributed by atoms with Crippen LogP contribution in [0.3, 0.4) is 0 Å². The predicted octanol–water partition coefficient (Wildman–Crippen LogP) is 3.52. The van der Waals surface area contributed by atoms with Crippen molar-refractivity contribution >= 4 is 28.4 Å². The van der Waals surface area contributed by atoms with Crippen LogP contribution in [0.25, 0.3) is 10.9 Å². The van der Waals surface area contributed by atoms with Crippen LogP contribution < -0.4 is 5.73 Å². The molecule has 0 spiro atoms. The Labute approximate surface area is 128 Å². The normalized spacial score (nSPS) is 11.4. The van der Waals surface area contributed by atoms with Crippen molar-refractivity contribution in [1.82, 2.24) is 14.3 Å². The zero-order valence-corrected chi connectivity index (χ0v) is 13.4. The molecule has 4 nitrogen and oxygen atoms in total. The Morgan fingerprint density at radius 1 is 1.29 bits per heavy atom. The van der Waals surface area contributed by atoms with Crippen LogP contribution in [-0.4, -0.2) is 20.6 Å². The Kier molecular flexibility index (Phi) is 3.68. The van der Waals surface area contributed by atoms with E-state index in [2.05, 4.69) is 51.9 Å². The minimum Gasteiger partial charge on any atom is -0.399 e. The third-order valence-electron chi connectivity index (χ3n) is 3.71. The van der Waals surface area contributed by atoms with Gasteiger partial charge in [-0.1, -0.05) is 0 Å². The quantitative estimate of drug-likeness (QED) is 0.592. The molecule has 1 aromatic carbocycles. The predicted molar refractivity (Wildman–Crippen MR) is 89.9 cm³/mol. The summed E-state index contributed by atoms with van der Waals surface area (Å²) in [6, 6.07) is 8.41. The molecule has 0 radical (unpaired) electrons. The van der Waals surface area contributed by atoms with Crippen LogP contribution in [0.15, 0.2) is 35.4 Å². The highest BCUT2D eigenvalue weighted by molar-refractivity contribution is 7.98. The summed E-state index contributed by atoms with van der Waals surface area (Å²) in [5.74, 6) is 0. The first-order chi connectivity index (χ1) is 10.1.